The molecule has 2 aromatic carbocycles. The van der Waals surface area contributed by atoms with Gasteiger partial charge < -0.3 is 10.4 Å². The van der Waals surface area contributed by atoms with E-state index < -0.39 is 11.5 Å². The van der Waals surface area contributed by atoms with E-state index in [1.807, 2.05) is 40.9 Å². The Labute approximate surface area is 201 Å². The van der Waals surface area contributed by atoms with Crippen LogP contribution in [0, 0.1) is 0 Å². The summed E-state index contributed by atoms with van der Waals surface area (Å²) in [6.07, 6.45) is 3.48. The monoisotopic (exact) mass is 474 g/mol. The molecule has 1 aliphatic heterocycles. The van der Waals surface area contributed by atoms with Crippen LogP contribution in [-0.2, 0) is 10.4 Å². The summed E-state index contributed by atoms with van der Waals surface area (Å²) in [6.45, 7) is 2.24. The van der Waals surface area contributed by atoms with Gasteiger partial charge in [-0.25, -0.2) is 9.97 Å². The highest BCUT2D eigenvalue weighted by Gasteiger charge is 2.32. The number of aliphatic hydroxyl groups is 1. The van der Waals surface area contributed by atoms with Gasteiger partial charge in [0.1, 0.15) is 17.8 Å². The largest absolute Gasteiger partial charge is 0.376 e. The van der Waals surface area contributed by atoms with Crippen molar-refractivity contribution < 1.29 is 9.90 Å². The average molecular weight is 475 g/mol. The van der Waals surface area contributed by atoms with Crippen LogP contribution < -0.4 is 5.32 Å². The van der Waals surface area contributed by atoms with Crippen molar-refractivity contribution in [2.45, 2.75) is 18.4 Å². The molecule has 1 aliphatic rings. The lowest BCUT2D eigenvalue weighted by Gasteiger charge is -2.23. The van der Waals surface area contributed by atoms with Gasteiger partial charge in [-0.2, -0.15) is 5.10 Å². The van der Waals surface area contributed by atoms with E-state index >= 15 is 0 Å². The second-order valence-electron chi connectivity index (χ2n) is 8.47. The fourth-order valence-electron chi connectivity index (χ4n) is 4.07. The van der Waals surface area contributed by atoms with Gasteiger partial charge in [0.15, 0.2) is 5.60 Å². The molecule has 2 N–H and O–H groups in total. The van der Waals surface area contributed by atoms with Crippen LogP contribution in [0.3, 0.4) is 0 Å². The molecule has 34 heavy (non-hydrogen) atoms. The molecule has 5 rings (SSSR count). The molecule has 4 aromatic rings. The molecule has 2 unspecified atom stereocenters. The zero-order valence-electron chi connectivity index (χ0n) is 18.7. The Morgan fingerprint density at radius 2 is 1.82 bits per heavy atom. The third-order valence-corrected chi connectivity index (χ3v) is 6.26. The minimum absolute atomic E-state index is 0.144. The summed E-state index contributed by atoms with van der Waals surface area (Å²) >= 11 is 5.92. The van der Waals surface area contributed by atoms with Crippen LogP contribution in [0.1, 0.15) is 24.1 Å². The van der Waals surface area contributed by atoms with Crippen LogP contribution in [0.2, 0.25) is 5.02 Å². The lowest BCUT2D eigenvalue weighted by atomic mass is 9.95. The number of fused-ring (bicyclic) bond motifs is 1. The third-order valence-electron chi connectivity index (χ3n) is 6.01. The number of benzene rings is 2. The molecular weight excluding hydrogens is 452 g/mol. The van der Waals surface area contributed by atoms with Gasteiger partial charge in [0.25, 0.3) is 5.91 Å². The minimum Gasteiger partial charge on any atom is -0.376 e. The Kier molecular flexibility index (Phi) is 5.55. The standard InChI is InChI=1S/C25H23ClN6O2/c1-25(34,18-5-7-19(26)8-6-18)24(33)30-20-9-3-16(4-10-20)23-28-15-27-22-12-11-21(32(22)23)17-13-29-31(2)14-17/h3-13,15,17,34H,14H2,1-2H3,(H,30,33). The van der Waals surface area contributed by atoms with E-state index in [0.717, 1.165) is 29.3 Å². The van der Waals surface area contributed by atoms with Crippen LogP contribution in [0.25, 0.3) is 17.0 Å². The smallest absolute Gasteiger partial charge is 0.260 e. The number of amides is 1. The summed E-state index contributed by atoms with van der Waals surface area (Å²) in [6, 6.07) is 17.9. The Hall–Kier alpha value is -3.75. The highest BCUT2D eigenvalue weighted by atomic mass is 35.5. The normalized spacial score (nSPS) is 17.2. The van der Waals surface area contributed by atoms with Crippen molar-refractivity contribution in [1.29, 1.82) is 0 Å². The number of carbonyl (C=O) groups is 1. The Morgan fingerprint density at radius 3 is 2.50 bits per heavy atom. The molecule has 9 heteroatoms. The molecule has 0 spiro atoms. The number of halogens is 1. The van der Waals surface area contributed by atoms with Crippen molar-refractivity contribution in [3.05, 3.63) is 83.3 Å². The zero-order chi connectivity index (χ0) is 23.9. The van der Waals surface area contributed by atoms with E-state index in [4.69, 9.17) is 11.6 Å². The van der Waals surface area contributed by atoms with Crippen molar-refractivity contribution in [3.8, 4) is 11.4 Å². The van der Waals surface area contributed by atoms with E-state index in [2.05, 4.69) is 26.5 Å². The van der Waals surface area contributed by atoms with Crippen LogP contribution >= 0.6 is 11.6 Å². The maximum Gasteiger partial charge on any atom is 0.260 e. The number of anilines is 1. The molecule has 2 atom stereocenters. The second-order valence-corrected chi connectivity index (χ2v) is 8.91. The van der Waals surface area contributed by atoms with E-state index in [-0.39, 0.29) is 5.92 Å². The van der Waals surface area contributed by atoms with Gasteiger partial charge in [-0.05, 0) is 61.0 Å². The summed E-state index contributed by atoms with van der Waals surface area (Å²) in [5.74, 6) is 0.356. The quantitative estimate of drug-likeness (QED) is 0.457. The lowest BCUT2D eigenvalue weighted by molar-refractivity contribution is -0.133. The third kappa shape index (κ3) is 4.02. The van der Waals surface area contributed by atoms with E-state index in [0.29, 0.717) is 16.3 Å². The van der Waals surface area contributed by atoms with Gasteiger partial charge >= 0.3 is 0 Å². The number of carbonyl (C=O) groups excluding carboxylic acids is 1. The maximum atomic E-state index is 12.8. The van der Waals surface area contributed by atoms with Crippen molar-refractivity contribution in [2.75, 3.05) is 18.9 Å². The molecule has 1 amide bonds. The van der Waals surface area contributed by atoms with Gasteiger partial charge in [-0.15, -0.1) is 0 Å². The molecule has 0 aliphatic carbocycles. The van der Waals surface area contributed by atoms with Crippen LogP contribution in [-0.4, -0.2) is 50.2 Å². The van der Waals surface area contributed by atoms with Crippen LogP contribution in [0.15, 0.2) is 72.1 Å². The Morgan fingerprint density at radius 1 is 1.09 bits per heavy atom. The molecule has 0 bridgehead atoms. The predicted molar refractivity (Wildman–Crippen MR) is 132 cm³/mol. The van der Waals surface area contributed by atoms with Gasteiger partial charge in [-0.3, -0.25) is 14.2 Å². The van der Waals surface area contributed by atoms with Crippen molar-refractivity contribution in [2.24, 2.45) is 5.10 Å². The fourth-order valence-corrected chi connectivity index (χ4v) is 4.20. The summed E-state index contributed by atoms with van der Waals surface area (Å²) in [5, 5.41) is 20.4. The zero-order valence-corrected chi connectivity index (χ0v) is 19.4. The number of hydrogen-bond donors (Lipinski definition) is 2. The van der Waals surface area contributed by atoms with E-state index in [1.54, 1.807) is 42.7 Å². The predicted octanol–water partition coefficient (Wildman–Crippen LogP) is 3.91. The summed E-state index contributed by atoms with van der Waals surface area (Å²) in [5.41, 5.74) is 2.05. The first kappa shape index (κ1) is 22.1. The first-order valence-corrected chi connectivity index (χ1v) is 11.2. The van der Waals surface area contributed by atoms with Crippen LogP contribution in [0.4, 0.5) is 5.69 Å². The molecule has 0 saturated carbocycles. The number of likely N-dealkylation sites (N-methyl/N-ethyl adjacent to an activating group) is 1. The minimum atomic E-state index is -1.71. The second kappa shape index (κ2) is 8.55. The van der Waals surface area contributed by atoms with Gasteiger partial charge in [0.05, 0.1) is 5.92 Å². The summed E-state index contributed by atoms with van der Waals surface area (Å²) in [4.78, 5) is 21.7. The number of rotatable bonds is 5. The Balaban J connectivity index is 1.40. The molecule has 8 nitrogen and oxygen atoms in total. The number of hydrogen-bond acceptors (Lipinski definition) is 6. The van der Waals surface area contributed by atoms with Crippen molar-refractivity contribution in [1.82, 2.24) is 19.4 Å². The number of hydrazone groups is 1. The summed E-state index contributed by atoms with van der Waals surface area (Å²) < 4.78 is 2.04. The summed E-state index contributed by atoms with van der Waals surface area (Å²) in [7, 11) is 1.95. The lowest BCUT2D eigenvalue weighted by Crippen LogP contribution is -2.37. The highest BCUT2D eigenvalue weighted by molar-refractivity contribution is 6.30. The van der Waals surface area contributed by atoms with E-state index in [1.165, 1.54) is 6.92 Å². The Bertz CT molecular complexity index is 1380. The molecule has 172 valence electrons. The van der Waals surface area contributed by atoms with Gasteiger partial charge in [0, 0.05) is 41.8 Å². The van der Waals surface area contributed by atoms with E-state index in [9.17, 15) is 9.90 Å². The van der Waals surface area contributed by atoms with Crippen molar-refractivity contribution >= 4 is 35.1 Å². The fraction of sp³-hybridized carbons (Fsp3) is 0.200. The number of nitrogens with zero attached hydrogens (tertiary/aromatic N) is 5. The maximum absolute atomic E-state index is 12.8. The van der Waals surface area contributed by atoms with Crippen molar-refractivity contribution in [3.63, 3.8) is 0 Å². The SMILES string of the molecule is CN1CC(c2ccc3ncnc(-c4ccc(NC(=O)C(C)(O)c5ccc(Cl)cc5)cc4)n23)C=N1. The molecule has 2 aromatic heterocycles. The number of aromatic nitrogens is 3. The molecule has 0 radical (unpaired) electrons. The van der Waals surface area contributed by atoms with Crippen LogP contribution in [0.5, 0.6) is 0 Å². The first-order chi connectivity index (χ1) is 16.3. The average Bonchev–Trinajstić information content (AvgIpc) is 3.46. The van der Waals surface area contributed by atoms with Gasteiger partial charge in [0.2, 0.25) is 0 Å². The highest BCUT2D eigenvalue weighted by Crippen LogP contribution is 2.28. The molecule has 3 heterocycles. The molecule has 0 saturated heterocycles. The number of nitrogens with one attached hydrogen (secondary N) is 1. The molecular formula is C25H23ClN6O2. The van der Waals surface area contributed by atoms with Gasteiger partial charge in [-0.1, -0.05) is 23.7 Å². The first-order valence-electron chi connectivity index (χ1n) is 10.8. The topological polar surface area (TPSA) is 95.1 Å². The molecule has 0 fully saturated rings.